The molecule has 0 aliphatic carbocycles. The predicted molar refractivity (Wildman–Crippen MR) is 108 cm³/mol. The number of hydrogen-bond acceptors (Lipinski definition) is 2. The van der Waals surface area contributed by atoms with Crippen molar-refractivity contribution in [1.29, 1.82) is 0 Å². The van der Waals surface area contributed by atoms with Gasteiger partial charge in [-0.15, -0.1) is 0 Å². The first-order valence-corrected chi connectivity index (χ1v) is 9.32. The van der Waals surface area contributed by atoms with Crippen LogP contribution in [0.1, 0.15) is 26.2 Å². The van der Waals surface area contributed by atoms with E-state index in [1.807, 2.05) is 6.92 Å². The molecule has 0 spiro atoms. The van der Waals surface area contributed by atoms with Crippen molar-refractivity contribution in [2.75, 3.05) is 5.32 Å². The zero-order valence-electron chi connectivity index (χ0n) is 12.6. The van der Waals surface area contributed by atoms with Crippen LogP contribution < -0.4 is 16.0 Å². The Morgan fingerprint density at radius 1 is 1.21 bits per heavy atom. The average molecular weight is 452 g/mol. The summed E-state index contributed by atoms with van der Waals surface area (Å²) in [7, 11) is 0. The molecule has 0 saturated carbocycles. The molecule has 1 unspecified atom stereocenters. The number of benzene rings is 1. The fraction of sp³-hybridized carbons (Fsp3) is 0.429. The Hall–Kier alpha value is -0.170. The summed E-state index contributed by atoms with van der Waals surface area (Å²) in [4.78, 5) is 11.9. The number of nitrogens with one attached hydrogen (secondary N) is 3. The summed E-state index contributed by atoms with van der Waals surface area (Å²) < 4.78 is -1.79. The van der Waals surface area contributed by atoms with Crippen LogP contribution in [0.5, 0.6) is 0 Å². The van der Waals surface area contributed by atoms with Crippen molar-refractivity contribution in [3.63, 3.8) is 0 Å². The molecule has 0 fully saturated rings. The van der Waals surface area contributed by atoms with Gasteiger partial charge in [0.2, 0.25) is 9.70 Å². The summed E-state index contributed by atoms with van der Waals surface area (Å²) >= 11 is 34.7. The van der Waals surface area contributed by atoms with Crippen LogP contribution in [0.4, 0.5) is 5.69 Å². The lowest BCUT2D eigenvalue weighted by molar-refractivity contribution is -0.122. The van der Waals surface area contributed by atoms with Crippen molar-refractivity contribution < 1.29 is 4.79 Å². The molecule has 1 amide bonds. The minimum absolute atomic E-state index is 0.153. The quantitative estimate of drug-likeness (QED) is 0.313. The number of amides is 1. The van der Waals surface area contributed by atoms with E-state index in [1.54, 1.807) is 18.2 Å². The second kappa shape index (κ2) is 10.1. The minimum Gasteiger partial charge on any atom is -0.339 e. The fourth-order valence-electron chi connectivity index (χ4n) is 1.64. The topological polar surface area (TPSA) is 53.2 Å². The Balaban J connectivity index is 2.70. The molecule has 0 aliphatic heterocycles. The van der Waals surface area contributed by atoms with Gasteiger partial charge in [-0.25, -0.2) is 0 Å². The number of anilines is 1. The lowest BCUT2D eigenvalue weighted by atomic mass is 10.2. The molecule has 4 nitrogen and oxygen atoms in total. The van der Waals surface area contributed by atoms with Gasteiger partial charge in [0.15, 0.2) is 5.11 Å². The molecular weight excluding hydrogens is 436 g/mol. The van der Waals surface area contributed by atoms with E-state index >= 15 is 0 Å². The third-order valence-corrected chi connectivity index (χ3v) is 4.46. The van der Waals surface area contributed by atoms with Gasteiger partial charge in [0.1, 0.15) is 6.17 Å². The van der Waals surface area contributed by atoms with Crippen LogP contribution in [-0.4, -0.2) is 21.0 Å². The number of carbonyl (C=O) groups is 1. The van der Waals surface area contributed by atoms with Gasteiger partial charge in [-0.1, -0.05) is 71.3 Å². The van der Waals surface area contributed by atoms with Crippen LogP contribution in [0.25, 0.3) is 0 Å². The van der Waals surface area contributed by atoms with E-state index < -0.39 is 9.96 Å². The van der Waals surface area contributed by atoms with Gasteiger partial charge in [0, 0.05) is 12.1 Å². The molecule has 3 N–H and O–H groups in total. The van der Waals surface area contributed by atoms with E-state index in [2.05, 4.69) is 16.0 Å². The smallest absolute Gasteiger partial charge is 0.228 e. The van der Waals surface area contributed by atoms with Crippen molar-refractivity contribution in [2.24, 2.45) is 0 Å². The van der Waals surface area contributed by atoms with Crippen LogP contribution in [0, 0.1) is 0 Å². The first kappa shape index (κ1) is 21.9. The Labute approximate surface area is 171 Å². The second-order valence-corrected chi connectivity index (χ2v) is 8.46. The molecule has 1 atom stereocenters. The van der Waals surface area contributed by atoms with E-state index in [0.29, 0.717) is 22.2 Å². The zero-order chi connectivity index (χ0) is 18.3. The first-order valence-electron chi connectivity index (χ1n) is 7.02. The van der Waals surface area contributed by atoms with Crippen molar-refractivity contribution in [2.45, 2.75) is 36.1 Å². The zero-order valence-corrected chi connectivity index (χ0v) is 17.2. The summed E-state index contributed by atoms with van der Waals surface area (Å²) in [6.45, 7) is 1.98. The van der Waals surface area contributed by atoms with Crippen molar-refractivity contribution in [3.05, 3.63) is 28.2 Å². The molecule has 0 aromatic heterocycles. The lowest BCUT2D eigenvalue weighted by Crippen LogP contribution is -2.56. The molecule has 134 valence electrons. The molecule has 0 radical (unpaired) electrons. The van der Waals surface area contributed by atoms with E-state index in [9.17, 15) is 4.79 Å². The van der Waals surface area contributed by atoms with E-state index in [0.717, 1.165) is 12.8 Å². The molecular formula is C14H16Cl5N3OS. The maximum atomic E-state index is 11.9. The monoisotopic (exact) mass is 449 g/mol. The van der Waals surface area contributed by atoms with E-state index in [1.165, 1.54) is 0 Å². The summed E-state index contributed by atoms with van der Waals surface area (Å²) in [6, 6.07) is 4.90. The highest BCUT2D eigenvalue weighted by Gasteiger charge is 2.34. The van der Waals surface area contributed by atoms with Gasteiger partial charge in [0.25, 0.3) is 0 Å². The normalized spacial score (nSPS) is 12.4. The maximum Gasteiger partial charge on any atom is 0.228 e. The third-order valence-electron chi connectivity index (χ3n) is 2.84. The number of hydrogen-bond donors (Lipinski definition) is 3. The van der Waals surface area contributed by atoms with Crippen molar-refractivity contribution in [1.82, 2.24) is 10.6 Å². The number of carbonyl (C=O) groups excluding carboxylic acids is 1. The average Bonchev–Trinajstić information content (AvgIpc) is 2.47. The van der Waals surface area contributed by atoms with Crippen LogP contribution in [0.15, 0.2) is 18.2 Å². The highest BCUT2D eigenvalue weighted by atomic mass is 35.6. The lowest BCUT2D eigenvalue weighted by Gasteiger charge is -2.27. The molecule has 0 bridgehead atoms. The predicted octanol–water partition coefficient (Wildman–Crippen LogP) is 5.28. The van der Waals surface area contributed by atoms with Crippen LogP contribution in [0.2, 0.25) is 10.0 Å². The van der Waals surface area contributed by atoms with E-state index in [4.69, 9.17) is 70.2 Å². The van der Waals surface area contributed by atoms with Gasteiger partial charge in [-0.2, -0.15) is 0 Å². The molecule has 1 rings (SSSR count). The highest BCUT2D eigenvalue weighted by Crippen LogP contribution is 2.29. The maximum absolute atomic E-state index is 11.9. The van der Waals surface area contributed by atoms with Gasteiger partial charge >= 0.3 is 0 Å². The van der Waals surface area contributed by atoms with Crippen LogP contribution in [-0.2, 0) is 4.79 Å². The van der Waals surface area contributed by atoms with Crippen molar-refractivity contribution >= 4 is 86.9 Å². The number of halogens is 5. The number of rotatable bonds is 6. The molecule has 0 heterocycles. The summed E-state index contributed by atoms with van der Waals surface area (Å²) in [6.07, 6.45) is 0.971. The second-order valence-electron chi connectivity index (χ2n) is 4.87. The largest absolute Gasteiger partial charge is 0.339 e. The summed E-state index contributed by atoms with van der Waals surface area (Å²) in [5.74, 6) is -0.238. The van der Waals surface area contributed by atoms with Crippen LogP contribution >= 0.6 is 70.2 Å². The van der Waals surface area contributed by atoms with Gasteiger partial charge in [0.05, 0.1) is 10.0 Å². The number of unbranched alkanes of at least 4 members (excludes halogenated alkanes) is 1. The first-order chi connectivity index (χ1) is 11.1. The Kier molecular flexibility index (Phi) is 9.20. The van der Waals surface area contributed by atoms with E-state index in [-0.39, 0.29) is 11.0 Å². The van der Waals surface area contributed by atoms with Crippen molar-refractivity contribution in [3.8, 4) is 0 Å². The standard InChI is InChI=1S/C14H16Cl5N3OS/c1-2-3-4-11(23)21-12(14(17,18)19)22-13(24)20-8-5-6-9(15)10(16)7-8/h5-7,12H,2-4H2,1H3,(H,21,23)(H2,20,22,24). The summed E-state index contributed by atoms with van der Waals surface area (Å²) in [5.41, 5.74) is 0.599. The highest BCUT2D eigenvalue weighted by molar-refractivity contribution is 7.80. The molecule has 24 heavy (non-hydrogen) atoms. The Morgan fingerprint density at radius 3 is 2.42 bits per heavy atom. The number of thiocarbonyl (C=S) groups is 1. The Bertz CT molecular complexity index is 594. The molecule has 10 heteroatoms. The SMILES string of the molecule is CCCCC(=O)NC(NC(=S)Nc1ccc(Cl)c(Cl)c1)C(Cl)(Cl)Cl. The van der Waals surface area contributed by atoms with Gasteiger partial charge < -0.3 is 16.0 Å². The molecule has 0 saturated heterocycles. The summed E-state index contributed by atoms with van der Waals surface area (Å²) in [5, 5.41) is 9.19. The minimum atomic E-state index is -1.79. The van der Waals surface area contributed by atoms with Crippen LogP contribution in [0.3, 0.4) is 0 Å². The molecule has 0 aliphatic rings. The Morgan fingerprint density at radius 2 is 1.88 bits per heavy atom. The molecule has 1 aromatic rings. The fourth-order valence-corrected chi connectivity index (χ4v) is 2.50. The number of alkyl halides is 3. The molecule has 1 aromatic carbocycles. The van der Waals surface area contributed by atoms with Gasteiger partial charge in [-0.05, 0) is 36.8 Å². The third kappa shape index (κ3) is 7.81. The van der Waals surface area contributed by atoms with Gasteiger partial charge in [-0.3, -0.25) is 4.79 Å².